The number of benzene rings is 1. The summed E-state index contributed by atoms with van der Waals surface area (Å²) in [5, 5.41) is 0.569. The first-order valence-corrected chi connectivity index (χ1v) is 7.71. The molecule has 2 heterocycles. The Labute approximate surface area is 149 Å². The average molecular weight is 385 g/mol. The summed E-state index contributed by atoms with van der Waals surface area (Å²) in [7, 11) is 0. The van der Waals surface area contributed by atoms with Crippen LogP contribution >= 0.6 is 11.6 Å². The van der Waals surface area contributed by atoms with Crippen molar-refractivity contribution in [2.75, 3.05) is 10.8 Å². The normalized spacial score (nSPS) is 11.0. The SMILES string of the molecule is O=C(CCl)N(Cc1c(F)cc(F)c(F)c1F)c1ncc2cccnc2n1. The van der Waals surface area contributed by atoms with Gasteiger partial charge in [0.05, 0.1) is 6.54 Å². The Balaban J connectivity index is 2.07. The number of alkyl halides is 1. The first-order chi connectivity index (χ1) is 12.4. The van der Waals surface area contributed by atoms with Crippen molar-refractivity contribution in [2.45, 2.75) is 6.54 Å². The van der Waals surface area contributed by atoms with Crippen LogP contribution in [-0.2, 0) is 11.3 Å². The number of hydrogen-bond donors (Lipinski definition) is 0. The smallest absolute Gasteiger partial charge is 0.244 e. The third-order valence-electron chi connectivity index (χ3n) is 3.52. The second kappa shape index (κ2) is 7.20. The molecule has 134 valence electrons. The number of pyridine rings is 1. The number of rotatable bonds is 4. The molecular formula is C16H9ClF4N4O. The third-order valence-corrected chi connectivity index (χ3v) is 3.75. The number of nitrogens with zero attached hydrogens (tertiary/aromatic N) is 4. The van der Waals surface area contributed by atoms with E-state index < -0.39 is 47.2 Å². The summed E-state index contributed by atoms with van der Waals surface area (Å²) in [5.41, 5.74) is -0.622. The highest BCUT2D eigenvalue weighted by Gasteiger charge is 2.25. The molecule has 10 heteroatoms. The zero-order valence-electron chi connectivity index (χ0n) is 12.9. The van der Waals surface area contributed by atoms with E-state index in [1.165, 1.54) is 12.4 Å². The van der Waals surface area contributed by atoms with Gasteiger partial charge in [-0.15, -0.1) is 11.6 Å². The summed E-state index contributed by atoms with van der Waals surface area (Å²) >= 11 is 5.53. The minimum absolute atomic E-state index is 0.194. The molecule has 0 radical (unpaired) electrons. The van der Waals surface area contributed by atoms with Gasteiger partial charge in [0.2, 0.25) is 11.9 Å². The number of carbonyl (C=O) groups is 1. The first kappa shape index (κ1) is 18.0. The van der Waals surface area contributed by atoms with E-state index in [-0.39, 0.29) is 17.7 Å². The Morgan fingerprint density at radius 1 is 1.12 bits per heavy atom. The summed E-state index contributed by atoms with van der Waals surface area (Å²) < 4.78 is 54.4. The van der Waals surface area contributed by atoms with Crippen molar-refractivity contribution in [2.24, 2.45) is 0 Å². The van der Waals surface area contributed by atoms with Crippen LogP contribution in [0.4, 0.5) is 23.5 Å². The summed E-state index contributed by atoms with van der Waals surface area (Å²) in [5.74, 6) is -8.18. The lowest BCUT2D eigenvalue weighted by atomic mass is 10.1. The van der Waals surface area contributed by atoms with Gasteiger partial charge in [0.1, 0.15) is 11.7 Å². The van der Waals surface area contributed by atoms with Crippen LogP contribution in [0.25, 0.3) is 11.0 Å². The molecule has 0 saturated carbocycles. The monoisotopic (exact) mass is 384 g/mol. The molecule has 0 atom stereocenters. The van der Waals surface area contributed by atoms with E-state index >= 15 is 0 Å². The maximum atomic E-state index is 13.9. The van der Waals surface area contributed by atoms with Crippen LogP contribution in [0.15, 0.2) is 30.6 Å². The molecule has 26 heavy (non-hydrogen) atoms. The van der Waals surface area contributed by atoms with Crippen molar-refractivity contribution in [1.82, 2.24) is 15.0 Å². The molecule has 0 saturated heterocycles. The highest BCUT2D eigenvalue weighted by Crippen LogP contribution is 2.23. The fourth-order valence-electron chi connectivity index (χ4n) is 2.23. The maximum Gasteiger partial charge on any atom is 0.244 e. The van der Waals surface area contributed by atoms with E-state index in [1.807, 2.05) is 0 Å². The van der Waals surface area contributed by atoms with Gasteiger partial charge < -0.3 is 0 Å². The molecule has 1 aromatic carbocycles. The standard InChI is InChI=1S/C16H9ClF4N4O/c17-5-12(26)25(7-9-10(18)4-11(19)14(21)13(9)20)16-23-6-8-2-1-3-22-15(8)24-16/h1-4,6H,5,7H2. The fourth-order valence-corrected chi connectivity index (χ4v) is 2.38. The van der Waals surface area contributed by atoms with Crippen molar-refractivity contribution in [3.63, 3.8) is 0 Å². The molecule has 0 N–H and O–H groups in total. The van der Waals surface area contributed by atoms with Crippen LogP contribution < -0.4 is 4.90 Å². The summed E-state index contributed by atoms with van der Waals surface area (Å²) in [6.45, 7) is -0.779. The molecule has 3 aromatic rings. The predicted molar refractivity (Wildman–Crippen MR) is 85.5 cm³/mol. The zero-order chi connectivity index (χ0) is 18.8. The van der Waals surface area contributed by atoms with Gasteiger partial charge in [-0.1, -0.05) is 0 Å². The summed E-state index contributed by atoms with van der Waals surface area (Å²) in [4.78, 5) is 24.9. The molecule has 5 nitrogen and oxygen atoms in total. The lowest BCUT2D eigenvalue weighted by molar-refractivity contribution is -0.116. The number of amides is 1. The Morgan fingerprint density at radius 2 is 1.88 bits per heavy atom. The maximum absolute atomic E-state index is 13.9. The largest absolute Gasteiger partial charge is 0.275 e. The van der Waals surface area contributed by atoms with Gasteiger partial charge in [-0.25, -0.2) is 27.5 Å². The van der Waals surface area contributed by atoms with Gasteiger partial charge in [0, 0.05) is 29.4 Å². The molecule has 3 rings (SSSR count). The molecule has 0 unspecified atom stereocenters. The van der Waals surface area contributed by atoms with Gasteiger partial charge in [-0.05, 0) is 12.1 Å². The third kappa shape index (κ3) is 3.30. The molecule has 2 aromatic heterocycles. The topological polar surface area (TPSA) is 59.0 Å². The van der Waals surface area contributed by atoms with Gasteiger partial charge in [0.15, 0.2) is 23.1 Å². The fraction of sp³-hybridized carbons (Fsp3) is 0.125. The van der Waals surface area contributed by atoms with E-state index in [0.717, 1.165) is 4.90 Å². The summed E-state index contributed by atoms with van der Waals surface area (Å²) in [6, 6.07) is 3.52. The number of aromatic nitrogens is 3. The second-order valence-electron chi connectivity index (χ2n) is 5.15. The van der Waals surface area contributed by atoms with Gasteiger partial charge in [0.25, 0.3) is 0 Å². The minimum atomic E-state index is -1.85. The number of anilines is 1. The molecular weight excluding hydrogens is 376 g/mol. The molecule has 0 aliphatic rings. The Bertz CT molecular complexity index is 1000. The van der Waals surface area contributed by atoms with Crippen LogP contribution in [0, 0.1) is 23.3 Å². The van der Waals surface area contributed by atoms with E-state index in [9.17, 15) is 22.4 Å². The van der Waals surface area contributed by atoms with Crippen molar-refractivity contribution in [3.8, 4) is 0 Å². The lowest BCUT2D eigenvalue weighted by Crippen LogP contribution is -2.34. The van der Waals surface area contributed by atoms with E-state index in [0.29, 0.717) is 5.39 Å². The molecule has 0 bridgehead atoms. The zero-order valence-corrected chi connectivity index (χ0v) is 13.6. The van der Waals surface area contributed by atoms with Crippen LogP contribution in [0.5, 0.6) is 0 Å². The van der Waals surface area contributed by atoms with Gasteiger partial charge in [-0.3, -0.25) is 9.69 Å². The number of halogens is 5. The van der Waals surface area contributed by atoms with Gasteiger partial charge in [-0.2, -0.15) is 4.98 Å². The average Bonchev–Trinajstić information content (AvgIpc) is 2.65. The highest BCUT2D eigenvalue weighted by atomic mass is 35.5. The lowest BCUT2D eigenvalue weighted by Gasteiger charge is -2.20. The Kier molecular flexibility index (Phi) is 4.99. The predicted octanol–water partition coefficient (Wildman–Crippen LogP) is 3.35. The summed E-state index contributed by atoms with van der Waals surface area (Å²) in [6.07, 6.45) is 2.82. The van der Waals surface area contributed by atoms with Crippen molar-refractivity contribution >= 4 is 34.5 Å². The van der Waals surface area contributed by atoms with Crippen molar-refractivity contribution < 1.29 is 22.4 Å². The Morgan fingerprint density at radius 3 is 2.62 bits per heavy atom. The highest BCUT2D eigenvalue weighted by molar-refractivity contribution is 6.29. The number of fused-ring (bicyclic) bond motifs is 1. The molecule has 0 aliphatic carbocycles. The molecule has 0 spiro atoms. The number of carbonyl (C=O) groups excluding carboxylic acids is 1. The second-order valence-corrected chi connectivity index (χ2v) is 5.41. The van der Waals surface area contributed by atoms with Gasteiger partial charge >= 0.3 is 0 Å². The first-order valence-electron chi connectivity index (χ1n) is 7.18. The van der Waals surface area contributed by atoms with Crippen LogP contribution in [0.2, 0.25) is 0 Å². The molecule has 0 aliphatic heterocycles. The quantitative estimate of drug-likeness (QED) is 0.299. The van der Waals surface area contributed by atoms with Crippen LogP contribution in [-0.4, -0.2) is 26.7 Å². The number of hydrogen-bond acceptors (Lipinski definition) is 4. The van der Waals surface area contributed by atoms with Crippen LogP contribution in [0.3, 0.4) is 0 Å². The van der Waals surface area contributed by atoms with Crippen molar-refractivity contribution in [1.29, 1.82) is 0 Å². The van der Waals surface area contributed by atoms with E-state index in [2.05, 4.69) is 15.0 Å². The van der Waals surface area contributed by atoms with E-state index in [4.69, 9.17) is 11.6 Å². The molecule has 1 amide bonds. The minimum Gasteiger partial charge on any atom is -0.275 e. The molecule has 0 fully saturated rings. The Hall–Kier alpha value is -2.81. The van der Waals surface area contributed by atoms with Crippen LogP contribution in [0.1, 0.15) is 5.56 Å². The van der Waals surface area contributed by atoms with Crippen molar-refractivity contribution in [3.05, 3.63) is 59.4 Å². The van der Waals surface area contributed by atoms with E-state index in [1.54, 1.807) is 12.1 Å².